The van der Waals surface area contributed by atoms with E-state index in [4.69, 9.17) is 13.3 Å². The molecule has 0 saturated heterocycles. The van der Waals surface area contributed by atoms with Crippen LogP contribution in [0.1, 0.15) is 0 Å². The topological polar surface area (TPSA) is 49.1 Å². The number of benzene rings is 25. The second-order valence-corrected chi connectivity index (χ2v) is 41.0. The summed E-state index contributed by atoms with van der Waals surface area (Å²) < 4.78 is 28.1. The molecule has 6 nitrogen and oxygen atoms in total. The van der Waals surface area contributed by atoms with Crippen molar-refractivity contribution in [3.63, 3.8) is 0 Å². The van der Waals surface area contributed by atoms with E-state index in [1.807, 2.05) is 40.1 Å². The quantitative estimate of drug-likeness (QED) is 0.115. The van der Waals surface area contributed by atoms with Crippen LogP contribution in [0.2, 0.25) is 0 Å². The molecule has 6 aromatic heterocycles. The SMILES string of the molecule is c1ccc(-c2ccc(N(c3cccc4c3oc3ccccc34)c3cccc4c3sc3ccc5ccccc5c34)cc2)cc1.c1ccc(-c2ccccc2-c2cccc(N(c3c4ccccc4cc4c3oc3ccc5ccccc5c34)c3cccc4c3sc3ccccc34)c2)cc1.c1ccc2cc(-c3ccc(N(c4cccc5c4oc4ccc6ccccc6c45)c4cc5ccccc5c5c4sc4ccccc45)cc3)ccc2c1. The fourth-order valence-electron chi connectivity index (χ4n) is 22.8. The lowest BCUT2D eigenvalue weighted by atomic mass is 9.94. The van der Waals surface area contributed by atoms with Gasteiger partial charge in [0, 0.05) is 101 Å². The molecule has 0 radical (unpaired) electrons. The first-order chi connectivity index (χ1) is 72.9. The molecule has 0 aliphatic heterocycles. The Hall–Kier alpha value is -18.5. The first-order valence-electron chi connectivity index (χ1n) is 49.9. The summed E-state index contributed by atoms with van der Waals surface area (Å²) >= 11 is 5.57. The van der Waals surface area contributed by atoms with Crippen molar-refractivity contribution >= 4 is 276 Å². The van der Waals surface area contributed by atoms with Crippen LogP contribution >= 0.6 is 34.0 Å². The second kappa shape index (κ2) is 35.3. The average molecular weight is 1930 g/mol. The standard InChI is InChI=1S/C50H31NOS.C48H29NOS.C40H25NOS/c1-2-14-32(15-3-1)37-20-8-9-21-38(37)34-18-12-19-36(30-34)51(44-26-13-25-42-41-24-10-11-27-46(41)53-50(42)44)48-40-23-7-5-17-35(40)31-43-47-39-22-6-4-16-33(39)28-29-45(47)52-49(43)48;1-2-12-33-28-34(21-20-30(33)10-1)31-22-25-36(26-23-31)49(41-18-9-17-40-45-37-14-5-3-11-32(37)24-27-43(45)50-47(40)41)42-29-35-13-4-6-15-38(35)46-39-16-7-8-19-44(39)51-48(42)46;1-2-10-26(11-3-1)27-20-23-29(24-21-27)41(34-17-8-15-32-31-14-6-7-19-36(31)42-39(32)34)35-18-9-16-33-38-30-13-5-4-12-28(30)22-25-37(38)43-40(33)35/h1-31H;1-29H;1-25H. The number of hydrogen-bond acceptors (Lipinski definition) is 9. The van der Waals surface area contributed by atoms with Crippen LogP contribution in [0, 0.1) is 0 Å². The number of furan rings is 3. The van der Waals surface area contributed by atoms with Gasteiger partial charge in [0.1, 0.15) is 16.7 Å². The zero-order chi connectivity index (χ0) is 96.7. The molecule has 0 atom stereocenters. The molecule has 31 aromatic rings. The molecule has 25 aromatic carbocycles. The van der Waals surface area contributed by atoms with E-state index in [1.54, 1.807) is 0 Å². The van der Waals surface area contributed by atoms with Crippen molar-refractivity contribution < 1.29 is 13.3 Å². The molecule has 0 bridgehead atoms. The van der Waals surface area contributed by atoms with Crippen LogP contribution in [0.3, 0.4) is 0 Å². The van der Waals surface area contributed by atoms with Crippen molar-refractivity contribution in [2.24, 2.45) is 0 Å². The maximum atomic E-state index is 7.05. The van der Waals surface area contributed by atoms with Gasteiger partial charge in [-0.1, -0.05) is 400 Å². The van der Waals surface area contributed by atoms with E-state index in [-0.39, 0.29) is 0 Å². The predicted molar refractivity (Wildman–Crippen MR) is 631 cm³/mol. The van der Waals surface area contributed by atoms with E-state index in [0.717, 1.165) is 128 Å². The zero-order valence-electron chi connectivity index (χ0n) is 79.4. The van der Waals surface area contributed by atoms with Crippen LogP contribution in [-0.2, 0) is 0 Å². The zero-order valence-corrected chi connectivity index (χ0v) is 81.8. The molecule has 0 amide bonds. The minimum absolute atomic E-state index is 0.878. The van der Waals surface area contributed by atoms with Gasteiger partial charge in [-0.2, -0.15) is 0 Å². The molecule has 9 heteroatoms. The Labute approximate surface area is 857 Å². The summed E-state index contributed by atoms with van der Waals surface area (Å²) in [5, 5.41) is 29.1. The first kappa shape index (κ1) is 85.3. The van der Waals surface area contributed by atoms with E-state index in [9.17, 15) is 0 Å². The molecule has 0 N–H and O–H groups in total. The third-order valence-electron chi connectivity index (χ3n) is 29.5. The molecule has 147 heavy (non-hydrogen) atoms. The Balaban J connectivity index is 0.000000105. The van der Waals surface area contributed by atoms with Gasteiger partial charge in [-0.3, -0.25) is 0 Å². The van der Waals surface area contributed by atoms with Crippen molar-refractivity contribution in [2.45, 2.75) is 0 Å². The summed E-state index contributed by atoms with van der Waals surface area (Å²) in [5.74, 6) is 0. The normalized spacial score (nSPS) is 11.8. The van der Waals surface area contributed by atoms with Crippen LogP contribution in [0.15, 0.2) is 529 Å². The minimum atomic E-state index is 0.878. The Morgan fingerprint density at radius 3 is 1.24 bits per heavy atom. The van der Waals surface area contributed by atoms with Crippen LogP contribution in [-0.4, -0.2) is 0 Å². The second-order valence-electron chi connectivity index (χ2n) is 37.8. The van der Waals surface area contributed by atoms with Crippen molar-refractivity contribution in [3.8, 4) is 44.5 Å². The first-order valence-corrected chi connectivity index (χ1v) is 52.3. The summed E-state index contributed by atoms with van der Waals surface area (Å²) in [6.07, 6.45) is 0. The predicted octanol–water partition coefficient (Wildman–Crippen LogP) is 41.9. The summed E-state index contributed by atoms with van der Waals surface area (Å²) in [5.41, 5.74) is 24.6. The van der Waals surface area contributed by atoms with Gasteiger partial charge in [0.25, 0.3) is 0 Å². The van der Waals surface area contributed by atoms with E-state index < -0.39 is 0 Å². The molecule has 6 heterocycles. The lowest BCUT2D eigenvalue weighted by molar-refractivity contribution is 0.669. The number of hydrogen-bond donors (Lipinski definition) is 0. The number of anilines is 9. The van der Waals surface area contributed by atoms with Crippen LogP contribution in [0.4, 0.5) is 51.2 Å². The minimum Gasteiger partial charge on any atom is -0.454 e. The number of thiophene rings is 3. The van der Waals surface area contributed by atoms with Gasteiger partial charge in [0.05, 0.1) is 48.2 Å². The highest BCUT2D eigenvalue weighted by molar-refractivity contribution is 7.27. The lowest BCUT2D eigenvalue weighted by Crippen LogP contribution is -2.11. The van der Waals surface area contributed by atoms with Crippen molar-refractivity contribution in [3.05, 3.63) is 516 Å². The Morgan fingerprint density at radius 1 is 0.156 bits per heavy atom. The molecule has 688 valence electrons. The number of fused-ring (bicyclic) bond motifs is 28. The highest BCUT2D eigenvalue weighted by Crippen LogP contribution is 2.57. The van der Waals surface area contributed by atoms with Crippen molar-refractivity contribution in [1.29, 1.82) is 0 Å². The molecular weight excluding hydrogens is 1840 g/mol. The smallest absolute Gasteiger partial charge is 0.160 e. The molecule has 0 aliphatic rings. The molecule has 0 unspecified atom stereocenters. The third kappa shape index (κ3) is 14.4. The van der Waals surface area contributed by atoms with Gasteiger partial charge in [-0.05, 0) is 219 Å². The maximum Gasteiger partial charge on any atom is 0.160 e. The number of para-hydroxylation sites is 3. The highest BCUT2D eigenvalue weighted by atomic mass is 32.1. The third-order valence-corrected chi connectivity index (χ3v) is 33.1. The van der Waals surface area contributed by atoms with Gasteiger partial charge >= 0.3 is 0 Å². The largest absolute Gasteiger partial charge is 0.454 e. The fourth-order valence-corrected chi connectivity index (χ4v) is 26.4. The summed E-state index contributed by atoms with van der Waals surface area (Å²) in [4.78, 5) is 7.25. The van der Waals surface area contributed by atoms with Crippen LogP contribution in [0.5, 0.6) is 0 Å². The molecule has 0 saturated carbocycles. The van der Waals surface area contributed by atoms with Crippen molar-refractivity contribution in [1.82, 2.24) is 0 Å². The summed E-state index contributed by atoms with van der Waals surface area (Å²) in [6, 6.07) is 186. The van der Waals surface area contributed by atoms with Gasteiger partial charge < -0.3 is 28.0 Å². The van der Waals surface area contributed by atoms with Gasteiger partial charge in [-0.25, -0.2) is 0 Å². The molecule has 31 rings (SSSR count). The molecule has 0 fully saturated rings. The average Bonchev–Trinajstić information content (AvgIpc) is 1.58. The van der Waals surface area contributed by atoms with Gasteiger partial charge in [0.15, 0.2) is 16.7 Å². The van der Waals surface area contributed by atoms with Gasteiger partial charge in [-0.15, -0.1) is 34.0 Å². The monoisotopic (exact) mass is 1930 g/mol. The Kier molecular flexibility index (Phi) is 20.5. The van der Waals surface area contributed by atoms with E-state index >= 15 is 0 Å². The van der Waals surface area contributed by atoms with Crippen LogP contribution < -0.4 is 14.7 Å². The summed E-state index contributed by atoms with van der Waals surface area (Å²) in [7, 11) is 0. The van der Waals surface area contributed by atoms with Crippen molar-refractivity contribution in [2.75, 3.05) is 14.7 Å². The fraction of sp³-hybridized carbons (Fsp3) is 0. The molecular formula is C138H85N3O3S3. The lowest BCUT2D eigenvalue weighted by Gasteiger charge is -2.28. The van der Waals surface area contributed by atoms with Crippen LogP contribution in [0.25, 0.3) is 235 Å². The van der Waals surface area contributed by atoms with Gasteiger partial charge in [0.2, 0.25) is 0 Å². The van der Waals surface area contributed by atoms with E-state index in [1.165, 1.54) is 159 Å². The summed E-state index contributed by atoms with van der Waals surface area (Å²) in [6.45, 7) is 0. The number of nitrogens with zero attached hydrogens (tertiary/aromatic N) is 3. The van der Waals surface area contributed by atoms with E-state index in [0.29, 0.717) is 0 Å². The highest BCUT2D eigenvalue weighted by Gasteiger charge is 2.31. The number of rotatable bonds is 13. The Bertz CT molecular complexity index is 10700. The molecule has 0 aliphatic carbocycles. The molecule has 0 spiro atoms. The Morgan fingerprint density at radius 2 is 0.565 bits per heavy atom. The maximum absolute atomic E-state index is 7.05. The van der Waals surface area contributed by atoms with E-state index in [2.05, 4.69) is 524 Å².